The topological polar surface area (TPSA) is 51.0 Å². The van der Waals surface area contributed by atoms with Crippen LogP contribution in [0, 0.1) is 5.82 Å². The molecule has 2 aromatic carbocycles. The van der Waals surface area contributed by atoms with Crippen LogP contribution in [0.5, 0.6) is 0 Å². The Bertz CT molecular complexity index is 878. The zero-order valence-corrected chi connectivity index (χ0v) is 16.0. The number of methoxy groups -OCH3 is 1. The Morgan fingerprint density at radius 1 is 1.11 bits per heavy atom. The van der Waals surface area contributed by atoms with Gasteiger partial charge in [-0.05, 0) is 54.3 Å². The quantitative estimate of drug-likeness (QED) is 0.607. The smallest absolute Gasteiger partial charge is 0.124 e. The summed E-state index contributed by atoms with van der Waals surface area (Å²) in [6.45, 7) is 1.23. The monoisotopic (exact) mass is 387 g/mol. The molecule has 2 aromatic rings. The number of ether oxygens (including phenoxy) is 2. The van der Waals surface area contributed by atoms with Crippen LogP contribution in [0.4, 0.5) is 4.39 Å². The van der Waals surface area contributed by atoms with Gasteiger partial charge in [0.25, 0.3) is 0 Å². The van der Waals surface area contributed by atoms with Crippen molar-refractivity contribution in [2.45, 2.75) is 41.1 Å². The summed E-state index contributed by atoms with van der Waals surface area (Å²) in [5.41, 5.74) is 3.28. The average molecular weight is 387 g/mol. The number of nitrogens with zero attached hydrogens (tertiary/aromatic N) is 1. The van der Waals surface area contributed by atoms with Gasteiger partial charge in [-0.1, -0.05) is 23.0 Å². The summed E-state index contributed by atoms with van der Waals surface area (Å²) in [7, 11) is 1.68. The van der Waals surface area contributed by atoms with E-state index in [1.54, 1.807) is 19.2 Å². The molecule has 0 bridgehead atoms. The Morgan fingerprint density at radius 2 is 1.93 bits per heavy atom. The predicted molar refractivity (Wildman–Crippen MR) is 102 cm³/mol. The van der Waals surface area contributed by atoms with E-state index in [2.05, 4.69) is 11.2 Å². The number of benzene rings is 2. The Hall–Kier alpha value is -1.89. The van der Waals surface area contributed by atoms with Crippen molar-refractivity contribution in [2.24, 2.45) is 5.16 Å². The van der Waals surface area contributed by atoms with Crippen molar-refractivity contribution in [1.82, 2.24) is 0 Å². The van der Waals surface area contributed by atoms with Crippen LogP contribution in [0.3, 0.4) is 0 Å². The highest BCUT2D eigenvalue weighted by atomic mass is 32.2. The maximum Gasteiger partial charge on any atom is 0.124 e. The molecule has 0 saturated carbocycles. The molecule has 1 aliphatic carbocycles. The SMILES string of the molecule is COC1(c2cc(F)cc(Sc3ccc4c(c3)CC/C4=N\O)c2)CCOCC1. The van der Waals surface area contributed by atoms with Crippen molar-refractivity contribution in [3.8, 4) is 0 Å². The van der Waals surface area contributed by atoms with Gasteiger partial charge in [0.1, 0.15) is 5.82 Å². The molecule has 1 heterocycles. The summed E-state index contributed by atoms with van der Waals surface area (Å²) in [4.78, 5) is 1.89. The summed E-state index contributed by atoms with van der Waals surface area (Å²) in [5, 5.41) is 12.4. The van der Waals surface area contributed by atoms with Crippen LogP contribution in [0.1, 0.15) is 36.0 Å². The Labute approximate surface area is 162 Å². The van der Waals surface area contributed by atoms with Gasteiger partial charge in [-0.2, -0.15) is 0 Å². The van der Waals surface area contributed by atoms with E-state index in [0.717, 1.165) is 52.3 Å². The number of aryl methyl sites for hydroxylation is 1. The van der Waals surface area contributed by atoms with E-state index in [1.165, 1.54) is 17.3 Å². The molecule has 0 amide bonds. The Morgan fingerprint density at radius 3 is 2.67 bits per heavy atom. The largest absolute Gasteiger partial charge is 0.411 e. The summed E-state index contributed by atoms with van der Waals surface area (Å²) in [5.74, 6) is -0.256. The maximum absolute atomic E-state index is 14.4. The van der Waals surface area contributed by atoms with Crippen LogP contribution in [0.2, 0.25) is 0 Å². The van der Waals surface area contributed by atoms with Gasteiger partial charge in [0.2, 0.25) is 0 Å². The molecule has 1 aliphatic heterocycles. The van der Waals surface area contributed by atoms with E-state index < -0.39 is 5.60 Å². The lowest BCUT2D eigenvalue weighted by Crippen LogP contribution is -2.35. The van der Waals surface area contributed by atoms with Crippen LogP contribution in [-0.2, 0) is 21.5 Å². The van der Waals surface area contributed by atoms with Crippen LogP contribution >= 0.6 is 11.8 Å². The highest BCUT2D eigenvalue weighted by molar-refractivity contribution is 7.99. The summed E-state index contributed by atoms with van der Waals surface area (Å²) >= 11 is 1.53. The van der Waals surface area contributed by atoms with Crippen molar-refractivity contribution < 1.29 is 19.1 Å². The van der Waals surface area contributed by atoms with E-state index in [1.807, 2.05) is 18.2 Å². The second-order valence-corrected chi connectivity index (χ2v) is 8.10. The Balaban J connectivity index is 1.63. The molecular weight excluding hydrogens is 365 g/mol. The maximum atomic E-state index is 14.4. The van der Waals surface area contributed by atoms with Crippen molar-refractivity contribution in [3.63, 3.8) is 0 Å². The molecule has 0 radical (unpaired) electrons. The molecule has 4 rings (SSSR count). The van der Waals surface area contributed by atoms with Gasteiger partial charge in [0.15, 0.2) is 0 Å². The second kappa shape index (κ2) is 7.62. The molecule has 1 N–H and O–H groups in total. The number of hydrogen-bond acceptors (Lipinski definition) is 5. The molecule has 0 aromatic heterocycles. The van der Waals surface area contributed by atoms with Crippen LogP contribution in [-0.4, -0.2) is 31.2 Å². The molecular formula is C21H22FNO3S. The van der Waals surface area contributed by atoms with Gasteiger partial charge in [-0.3, -0.25) is 0 Å². The normalized spacial score (nSPS) is 20.0. The highest BCUT2D eigenvalue weighted by Crippen LogP contribution is 2.39. The van der Waals surface area contributed by atoms with Gasteiger partial charge in [-0.15, -0.1) is 0 Å². The lowest BCUT2D eigenvalue weighted by molar-refractivity contribution is -0.0950. The molecule has 6 heteroatoms. The van der Waals surface area contributed by atoms with Crippen molar-refractivity contribution >= 4 is 17.5 Å². The summed E-state index contributed by atoms with van der Waals surface area (Å²) in [6.07, 6.45) is 3.06. The van der Waals surface area contributed by atoms with Gasteiger partial charge in [0, 0.05) is 48.5 Å². The first-order valence-corrected chi connectivity index (χ1v) is 9.91. The van der Waals surface area contributed by atoms with E-state index in [4.69, 9.17) is 14.7 Å². The van der Waals surface area contributed by atoms with Gasteiger partial charge in [0.05, 0.1) is 11.3 Å². The molecule has 27 heavy (non-hydrogen) atoms. The van der Waals surface area contributed by atoms with Crippen LogP contribution in [0.15, 0.2) is 51.3 Å². The molecule has 1 fully saturated rings. The number of rotatable bonds is 4. The van der Waals surface area contributed by atoms with E-state index in [-0.39, 0.29) is 5.82 Å². The Kier molecular flexibility index (Phi) is 5.21. The third kappa shape index (κ3) is 3.61. The van der Waals surface area contributed by atoms with E-state index in [9.17, 15) is 4.39 Å². The fourth-order valence-corrected chi connectivity index (χ4v) is 4.91. The van der Waals surface area contributed by atoms with Crippen molar-refractivity contribution in [1.29, 1.82) is 0 Å². The van der Waals surface area contributed by atoms with Gasteiger partial charge < -0.3 is 14.7 Å². The fourth-order valence-electron chi connectivity index (χ4n) is 3.95. The predicted octanol–water partition coefficient (Wildman–Crippen LogP) is 4.75. The zero-order valence-electron chi connectivity index (χ0n) is 15.2. The standard InChI is InChI=1S/C21H22FNO3S/c1-25-21(6-8-26-9-7-21)15-11-16(22)13-18(12-15)27-17-3-4-19-14(10-17)2-5-20(19)23-24/h3-4,10-13,24H,2,5-9H2,1H3/b23-20+. The van der Waals surface area contributed by atoms with E-state index >= 15 is 0 Å². The minimum atomic E-state index is -0.486. The van der Waals surface area contributed by atoms with Gasteiger partial charge >= 0.3 is 0 Å². The van der Waals surface area contributed by atoms with Gasteiger partial charge in [-0.25, -0.2) is 4.39 Å². The first-order chi connectivity index (χ1) is 13.1. The van der Waals surface area contributed by atoms with Crippen LogP contribution in [0.25, 0.3) is 0 Å². The molecule has 142 valence electrons. The third-order valence-corrected chi connectivity index (χ3v) is 6.42. The first-order valence-electron chi connectivity index (χ1n) is 9.09. The number of oxime groups is 1. The zero-order chi connectivity index (χ0) is 18.9. The first kappa shape index (κ1) is 18.5. The molecule has 0 atom stereocenters. The minimum absolute atomic E-state index is 0.256. The second-order valence-electron chi connectivity index (χ2n) is 6.95. The average Bonchev–Trinajstić information content (AvgIpc) is 3.10. The summed E-state index contributed by atoms with van der Waals surface area (Å²) < 4.78 is 25.6. The molecule has 4 nitrogen and oxygen atoms in total. The summed E-state index contributed by atoms with van der Waals surface area (Å²) in [6, 6.07) is 11.2. The minimum Gasteiger partial charge on any atom is -0.411 e. The number of hydrogen-bond donors (Lipinski definition) is 1. The lowest BCUT2D eigenvalue weighted by Gasteiger charge is -2.36. The molecule has 2 aliphatic rings. The third-order valence-electron chi connectivity index (χ3n) is 5.46. The lowest BCUT2D eigenvalue weighted by atomic mass is 9.86. The van der Waals surface area contributed by atoms with Crippen molar-refractivity contribution in [2.75, 3.05) is 20.3 Å². The van der Waals surface area contributed by atoms with Crippen LogP contribution < -0.4 is 0 Å². The van der Waals surface area contributed by atoms with E-state index in [0.29, 0.717) is 13.2 Å². The van der Waals surface area contributed by atoms with Crippen molar-refractivity contribution in [3.05, 3.63) is 58.9 Å². The fraction of sp³-hybridized carbons (Fsp3) is 0.381. The number of fused-ring (bicyclic) bond motifs is 1. The molecule has 1 saturated heterocycles. The molecule has 0 spiro atoms. The highest BCUT2D eigenvalue weighted by Gasteiger charge is 2.35. The number of halogens is 1. The molecule has 0 unspecified atom stereocenters.